The SMILES string of the molecule is C=CCC(C)/C=C(C=C)\C=C(/N)c1ccc(C(=O)NCCN(CC(=C)C#CC)CN2CC2)cc1. The molecule has 1 aromatic rings. The van der Waals surface area contributed by atoms with E-state index >= 15 is 0 Å². The van der Waals surface area contributed by atoms with Gasteiger partial charge in [0.05, 0.1) is 6.67 Å². The van der Waals surface area contributed by atoms with Gasteiger partial charge in [-0.1, -0.05) is 56.4 Å². The number of carbonyl (C=O) groups is 1. The van der Waals surface area contributed by atoms with Gasteiger partial charge in [-0.2, -0.15) is 0 Å². The molecule has 0 aromatic heterocycles. The number of hydrogen-bond donors (Lipinski definition) is 2. The summed E-state index contributed by atoms with van der Waals surface area (Å²) in [5.74, 6) is 6.17. The average molecular weight is 459 g/mol. The molecule has 1 fully saturated rings. The van der Waals surface area contributed by atoms with Gasteiger partial charge in [-0.25, -0.2) is 0 Å². The number of nitrogens with one attached hydrogen (secondary N) is 1. The van der Waals surface area contributed by atoms with Crippen LogP contribution in [0, 0.1) is 17.8 Å². The first kappa shape index (κ1) is 26.9. The molecular weight excluding hydrogens is 420 g/mol. The van der Waals surface area contributed by atoms with E-state index < -0.39 is 0 Å². The zero-order valence-corrected chi connectivity index (χ0v) is 20.6. The van der Waals surface area contributed by atoms with Crippen LogP contribution in [0.1, 0.15) is 36.2 Å². The molecular formula is C29H38N4O. The zero-order chi connectivity index (χ0) is 24.9. The summed E-state index contributed by atoms with van der Waals surface area (Å²) in [5, 5.41) is 3.01. The summed E-state index contributed by atoms with van der Waals surface area (Å²) in [4.78, 5) is 17.2. The lowest BCUT2D eigenvalue weighted by Gasteiger charge is -2.22. The molecule has 3 N–H and O–H groups in total. The molecule has 180 valence electrons. The standard InChI is InChI=1S/C29H38N4O/c1-6-9-23(4)19-25(8-3)20-28(30)26-11-13-27(14-12-26)29(34)31-15-16-33(22-32-17-18-32)21-24(5)10-7-2/h6,8,11-14,19-20,23H,1,3,5,9,15-18,21-22,30H2,2,4H3,(H,31,34)/b25-19-,28-20-. The van der Waals surface area contributed by atoms with Crippen LogP contribution >= 0.6 is 0 Å². The smallest absolute Gasteiger partial charge is 0.251 e. The highest BCUT2D eigenvalue weighted by atomic mass is 16.1. The number of rotatable bonds is 14. The van der Waals surface area contributed by atoms with Gasteiger partial charge in [0, 0.05) is 49.6 Å². The molecule has 1 aliphatic heterocycles. The van der Waals surface area contributed by atoms with E-state index in [1.807, 2.05) is 31.2 Å². The molecule has 2 rings (SSSR count). The lowest BCUT2D eigenvalue weighted by molar-refractivity contribution is 0.0947. The molecule has 0 bridgehead atoms. The molecule has 1 heterocycles. The van der Waals surface area contributed by atoms with Gasteiger partial charge in [0.2, 0.25) is 0 Å². The third-order valence-electron chi connectivity index (χ3n) is 5.42. The maximum atomic E-state index is 12.6. The van der Waals surface area contributed by atoms with Crippen molar-refractivity contribution in [2.75, 3.05) is 39.4 Å². The molecule has 34 heavy (non-hydrogen) atoms. The Hall–Kier alpha value is -3.33. The number of nitrogens with zero attached hydrogens (tertiary/aromatic N) is 2. The Morgan fingerprint density at radius 2 is 1.94 bits per heavy atom. The van der Waals surface area contributed by atoms with E-state index in [1.54, 1.807) is 18.2 Å². The second-order valence-electron chi connectivity index (χ2n) is 8.60. The van der Waals surface area contributed by atoms with Gasteiger partial charge in [-0.05, 0) is 48.6 Å². The molecule has 0 radical (unpaired) electrons. The first-order valence-corrected chi connectivity index (χ1v) is 11.7. The minimum atomic E-state index is -0.0992. The van der Waals surface area contributed by atoms with Crippen molar-refractivity contribution >= 4 is 11.6 Å². The van der Waals surface area contributed by atoms with Crippen LogP contribution in [0.4, 0.5) is 0 Å². The van der Waals surface area contributed by atoms with Crippen LogP contribution in [-0.4, -0.2) is 55.1 Å². The Kier molecular flexibility index (Phi) is 11.1. The number of hydrogen-bond acceptors (Lipinski definition) is 4. The first-order valence-electron chi connectivity index (χ1n) is 11.7. The van der Waals surface area contributed by atoms with Gasteiger partial charge in [0.25, 0.3) is 5.91 Å². The summed E-state index contributed by atoms with van der Waals surface area (Å²) in [6, 6.07) is 7.34. The normalized spacial score (nSPS) is 14.7. The molecule has 5 heteroatoms. The van der Waals surface area contributed by atoms with Crippen LogP contribution in [0.25, 0.3) is 5.70 Å². The molecule has 0 saturated carbocycles. The second kappa shape index (κ2) is 14.0. The minimum absolute atomic E-state index is 0.0992. The quantitative estimate of drug-likeness (QED) is 0.190. The molecule has 0 spiro atoms. The van der Waals surface area contributed by atoms with Crippen molar-refractivity contribution in [2.24, 2.45) is 11.7 Å². The topological polar surface area (TPSA) is 61.4 Å². The average Bonchev–Trinajstić information content (AvgIpc) is 3.62. The van der Waals surface area contributed by atoms with Crippen LogP contribution in [0.15, 0.2) is 79.5 Å². The third-order valence-corrected chi connectivity index (χ3v) is 5.42. The number of nitrogens with two attached hydrogens (primary N) is 1. The Morgan fingerprint density at radius 1 is 1.26 bits per heavy atom. The van der Waals surface area contributed by atoms with Crippen molar-refractivity contribution in [1.82, 2.24) is 15.1 Å². The van der Waals surface area contributed by atoms with Crippen molar-refractivity contribution in [3.63, 3.8) is 0 Å². The Morgan fingerprint density at radius 3 is 2.53 bits per heavy atom. The van der Waals surface area contributed by atoms with Crippen molar-refractivity contribution in [2.45, 2.75) is 20.3 Å². The Bertz CT molecular complexity index is 987. The van der Waals surface area contributed by atoms with Gasteiger partial charge in [0.1, 0.15) is 0 Å². The molecule has 1 aromatic carbocycles. The molecule has 1 saturated heterocycles. The van der Waals surface area contributed by atoms with Crippen LogP contribution in [-0.2, 0) is 0 Å². The number of carbonyl (C=O) groups excluding carboxylic acids is 1. The summed E-state index contributed by atoms with van der Waals surface area (Å²) in [6.45, 7) is 20.7. The van der Waals surface area contributed by atoms with Crippen molar-refractivity contribution in [3.8, 4) is 11.8 Å². The van der Waals surface area contributed by atoms with E-state index in [0.717, 1.165) is 49.4 Å². The van der Waals surface area contributed by atoms with Crippen LogP contribution < -0.4 is 11.1 Å². The first-order chi connectivity index (χ1) is 16.4. The highest BCUT2D eigenvalue weighted by Crippen LogP contribution is 2.16. The van der Waals surface area contributed by atoms with E-state index in [-0.39, 0.29) is 5.91 Å². The summed E-state index contributed by atoms with van der Waals surface area (Å²) < 4.78 is 0. The lowest BCUT2D eigenvalue weighted by atomic mass is 10.0. The van der Waals surface area contributed by atoms with Gasteiger partial charge in [-0.15, -0.1) is 12.5 Å². The summed E-state index contributed by atoms with van der Waals surface area (Å²) in [6.07, 6.45) is 8.62. The summed E-state index contributed by atoms with van der Waals surface area (Å²) in [7, 11) is 0. The molecule has 5 nitrogen and oxygen atoms in total. The van der Waals surface area contributed by atoms with Gasteiger partial charge >= 0.3 is 0 Å². The summed E-state index contributed by atoms with van der Waals surface area (Å²) in [5.41, 5.74) is 10.2. The van der Waals surface area contributed by atoms with E-state index in [1.165, 1.54) is 0 Å². The fraction of sp³-hybridized carbons (Fsp3) is 0.345. The fourth-order valence-corrected chi connectivity index (χ4v) is 3.52. The van der Waals surface area contributed by atoms with E-state index in [4.69, 9.17) is 5.73 Å². The largest absolute Gasteiger partial charge is 0.398 e. The van der Waals surface area contributed by atoms with Gasteiger partial charge in [-0.3, -0.25) is 14.6 Å². The maximum absolute atomic E-state index is 12.6. The number of benzene rings is 1. The van der Waals surface area contributed by atoms with Crippen LogP contribution in [0.5, 0.6) is 0 Å². The van der Waals surface area contributed by atoms with Crippen LogP contribution in [0.2, 0.25) is 0 Å². The van der Waals surface area contributed by atoms with Crippen molar-refractivity contribution < 1.29 is 4.79 Å². The van der Waals surface area contributed by atoms with Gasteiger partial charge < -0.3 is 11.1 Å². The third kappa shape index (κ3) is 9.66. The molecule has 0 aliphatic carbocycles. The minimum Gasteiger partial charge on any atom is -0.398 e. The van der Waals surface area contributed by atoms with Crippen molar-refractivity contribution in [1.29, 1.82) is 0 Å². The predicted octanol–water partition coefficient (Wildman–Crippen LogP) is 4.20. The lowest BCUT2D eigenvalue weighted by Crippen LogP contribution is -2.38. The highest BCUT2D eigenvalue weighted by Gasteiger charge is 2.20. The maximum Gasteiger partial charge on any atom is 0.251 e. The second-order valence-corrected chi connectivity index (χ2v) is 8.60. The van der Waals surface area contributed by atoms with Crippen LogP contribution in [0.3, 0.4) is 0 Å². The molecule has 1 unspecified atom stereocenters. The van der Waals surface area contributed by atoms with Crippen molar-refractivity contribution in [3.05, 3.63) is 90.6 Å². The number of allylic oxidation sites excluding steroid dienone is 5. The molecule has 1 atom stereocenters. The highest BCUT2D eigenvalue weighted by molar-refractivity contribution is 5.94. The predicted molar refractivity (Wildman–Crippen MR) is 144 cm³/mol. The Labute approximate surface area is 205 Å². The fourth-order valence-electron chi connectivity index (χ4n) is 3.52. The van der Waals surface area contributed by atoms with E-state index in [2.05, 4.69) is 59.7 Å². The van der Waals surface area contributed by atoms with E-state index in [0.29, 0.717) is 30.3 Å². The molecule has 1 amide bonds. The Balaban J connectivity index is 1.93. The van der Waals surface area contributed by atoms with Gasteiger partial charge in [0.15, 0.2) is 0 Å². The summed E-state index contributed by atoms with van der Waals surface area (Å²) >= 11 is 0. The zero-order valence-electron chi connectivity index (χ0n) is 20.6. The van der Waals surface area contributed by atoms with E-state index in [9.17, 15) is 4.79 Å². The monoisotopic (exact) mass is 458 g/mol. The number of amides is 1. The molecule has 1 aliphatic rings.